The lowest BCUT2D eigenvalue weighted by Gasteiger charge is -2.13. The highest BCUT2D eigenvalue weighted by Gasteiger charge is 2.14. The van der Waals surface area contributed by atoms with Gasteiger partial charge in [-0.05, 0) is 19.3 Å². The van der Waals surface area contributed by atoms with Crippen molar-refractivity contribution in [3.8, 4) is 0 Å². The maximum atomic E-state index is 11.7. The number of amides is 1. The Kier molecular flexibility index (Phi) is 20.7. The Hall–Kier alpha value is -0.660. The van der Waals surface area contributed by atoms with Crippen molar-refractivity contribution in [2.24, 2.45) is 11.7 Å². The summed E-state index contributed by atoms with van der Waals surface area (Å²) in [5.74, 6) is -0.0973. The van der Waals surface area contributed by atoms with Crippen molar-refractivity contribution in [2.75, 3.05) is 6.61 Å². The van der Waals surface area contributed by atoms with Crippen molar-refractivity contribution in [1.29, 1.82) is 0 Å². The summed E-state index contributed by atoms with van der Waals surface area (Å²) in [4.78, 5) is 11.7. The van der Waals surface area contributed by atoms with Crippen molar-refractivity contribution in [3.63, 3.8) is 0 Å². The molecule has 0 radical (unpaired) electrons. The first-order valence-electron chi connectivity index (χ1n) is 12.8. The van der Waals surface area contributed by atoms with Gasteiger partial charge in [-0.25, -0.2) is 4.18 Å². The highest BCUT2D eigenvalue weighted by atomic mass is 32.3. The summed E-state index contributed by atoms with van der Waals surface area (Å²) >= 11 is 0. The molecule has 31 heavy (non-hydrogen) atoms. The first kappa shape index (κ1) is 30.3. The molecular weight excluding hydrogens is 414 g/mol. The summed E-state index contributed by atoms with van der Waals surface area (Å²) in [5.41, 5.74) is 5.60. The van der Waals surface area contributed by atoms with Crippen LogP contribution in [0.15, 0.2) is 0 Å². The molecule has 3 N–H and O–H groups in total. The molecule has 0 aromatic heterocycles. The molecule has 0 saturated carbocycles. The first-order valence-corrected chi connectivity index (χ1v) is 14.1. The largest absolute Gasteiger partial charge is 0.397 e. The predicted molar refractivity (Wildman–Crippen MR) is 128 cm³/mol. The van der Waals surface area contributed by atoms with Crippen molar-refractivity contribution in [3.05, 3.63) is 0 Å². The van der Waals surface area contributed by atoms with Gasteiger partial charge in [0.2, 0.25) is 5.91 Å². The molecule has 0 heterocycles. The first-order chi connectivity index (χ1) is 14.9. The molecular formula is C24H49NO5S. The van der Waals surface area contributed by atoms with Gasteiger partial charge in [0.25, 0.3) is 0 Å². The molecule has 1 atom stereocenters. The van der Waals surface area contributed by atoms with E-state index in [4.69, 9.17) is 10.3 Å². The van der Waals surface area contributed by atoms with Gasteiger partial charge in [-0.3, -0.25) is 9.35 Å². The van der Waals surface area contributed by atoms with Gasteiger partial charge in [-0.15, -0.1) is 0 Å². The Balaban J connectivity index is 3.49. The third kappa shape index (κ3) is 23.8. The number of hydrogen-bond acceptors (Lipinski definition) is 4. The van der Waals surface area contributed by atoms with E-state index in [0.717, 1.165) is 64.2 Å². The molecule has 6 nitrogen and oxygen atoms in total. The number of hydrogen-bond donors (Lipinski definition) is 2. The smallest absolute Gasteiger partial charge is 0.369 e. The number of carbonyl (C=O) groups is 1. The molecule has 1 amide bonds. The van der Waals surface area contributed by atoms with Crippen LogP contribution in [0.25, 0.3) is 0 Å². The van der Waals surface area contributed by atoms with Gasteiger partial charge in [-0.2, -0.15) is 8.42 Å². The van der Waals surface area contributed by atoms with Crippen molar-refractivity contribution in [2.45, 2.75) is 135 Å². The standard InChI is InChI=1S/C24H49NO5S/c1-2-3-4-5-6-7-8-11-14-17-20-23(24(25)26)21-18-15-12-9-10-13-16-19-22-30-31(27,28)29/h23H,2-22H2,1H3,(H2,25,26)(H,27,28,29). The molecule has 0 saturated heterocycles. The molecule has 0 rings (SSSR count). The average Bonchev–Trinajstić information content (AvgIpc) is 2.70. The zero-order chi connectivity index (χ0) is 23.2. The Morgan fingerprint density at radius 3 is 1.42 bits per heavy atom. The summed E-state index contributed by atoms with van der Waals surface area (Å²) in [6, 6.07) is 0. The lowest BCUT2D eigenvalue weighted by molar-refractivity contribution is -0.122. The summed E-state index contributed by atoms with van der Waals surface area (Å²) in [5, 5.41) is 0. The van der Waals surface area contributed by atoms with E-state index in [0.29, 0.717) is 6.42 Å². The number of unbranched alkanes of at least 4 members (excludes halogenated alkanes) is 16. The van der Waals surface area contributed by atoms with E-state index in [2.05, 4.69) is 11.1 Å². The van der Waals surface area contributed by atoms with Crippen molar-refractivity contribution < 1.29 is 21.9 Å². The molecule has 0 bridgehead atoms. The quantitative estimate of drug-likeness (QED) is 0.122. The zero-order valence-corrected chi connectivity index (χ0v) is 20.8. The minimum absolute atomic E-state index is 0.0387. The third-order valence-corrected chi connectivity index (χ3v) is 6.45. The SMILES string of the molecule is CCCCCCCCCCCCC(CCCCCCCCCCOS(=O)(=O)O)C(N)=O. The Morgan fingerprint density at radius 2 is 1.06 bits per heavy atom. The average molecular weight is 464 g/mol. The second kappa shape index (κ2) is 21.2. The third-order valence-electron chi connectivity index (χ3n) is 5.99. The molecule has 0 fully saturated rings. The van der Waals surface area contributed by atoms with Gasteiger partial charge in [0.15, 0.2) is 0 Å². The maximum absolute atomic E-state index is 11.7. The second-order valence-corrected chi connectivity index (χ2v) is 10.0. The van der Waals surface area contributed by atoms with Crippen molar-refractivity contribution in [1.82, 2.24) is 0 Å². The van der Waals surface area contributed by atoms with Crippen LogP contribution < -0.4 is 5.73 Å². The van der Waals surface area contributed by atoms with Crippen LogP contribution in [-0.2, 0) is 19.4 Å². The maximum Gasteiger partial charge on any atom is 0.397 e. The van der Waals surface area contributed by atoms with Crippen LogP contribution in [0.1, 0.15) is 135 Å². The monoisotopic (exact) mass is 463 g/mol. The fourth-order valence-corrected chi connectivity index (χ4v) is 4.35. The van der Waals surface area contributed by atoms with E-state index in [1.54, 1.807) is 0 Å². The fourth-order valence-electron chi connectivity index (χ4n) is 4.02. The minimum Gasteiger partial charge on any atom is -0.369 e. The number of primary amides is 1. The number of nitrogens with two attached hydrogens (primary N) is 1. The molecule has 0 aliphatic heterocycles. The normalized spacial score (nSPS) is 12.8. The van der Waals surface area contributed by atoms with E-state index in [9.17, 15) is 13.2 Å². The Bertz CT molecular complexity index is 510. The Morgan fingerprint density at radius 1 is 0.710 bits per heavy atom. The van der Waals surface area contributed by atoms with Crippen LogP contribution >= 0.6 is 0 Å². The molecule has 0 spiro atoms. The summed E-state index contributed by atoms with van der Waals surface area (Å²) in [6.45, 7) is 2.30. The van der Waals surface area contributed by atoms with Crippen LogP contribution in [0.2, 0.25) is 0 Å². The van der Waals surface area contributed by atoms with E-state index in [1.807, 2.05) is 0 Å². The van der Waals surface area contributed by atoms with Gasteiger partial charge in [-0.1, -0.05) is 116 Å². The molecule has 0 aromatic rings. The molecule has 186 valence electrons. The number of carbonyl (C=O) groups excluding carboxylic acids is 1. The molecule has 0 aromatic carbocycles. The summed E-state index contributed by atoms with van der Waals surface area (Å²) < 4.78 is 33.6. The van der Waals surface area contributed by atoms with E-state index < -0.39 is 10.4 Å². The zero-order valence-electron chi connectivity index (χ0n) is 20.0. The highest BCUT2D eigenvalue weighted by Crippen LogP contribution is 2.19. The van der Waals surface area contributed by atoms with Crippen molar-refractivity contribution >= 4 is 16.3 Å². The van der Waals surface area contributed by atoms with Gasteiger partial charge in [0.1, 0.15) is 0 Å². The molecule has 0 aliphatic rings. The lowest BCUT2D eigenvalue weighted by Crippen LogP contribution is -2.23. The van der Waals surface area contributed by atoms with Gasteiger partial charge < -0.3 is 5.73 Å². The van der Waals surface area contributed by atoms with Gasteiger partial charge in [0.05, 0.1) is 6.61 Å². The summed E-state index contributed by atoms with van der Waals surface area (Å²) in [6.07, 6.45) is 23.1. The van der Waals surface area contributed by atoms with E-state index in [1.165, 1.54) is 57.8 Å². The molecule has 7 heteroatoms. The fraction of sp³-hybridized carbons (Fsp3) is 0.958. The minimum atomic E-state index is -4.29. The highest BCUT2D eigenvalue weighted by molar-refractivity contribution is 7.80. The van der Waals surface area contributed by atoms with Gasteiger partial charge >= 0.3 is 10.4 Å². The van der Waals surface area contributed by atoms with Crippen LogP contribution in [0.4, 0.5) is 0 Å². The van der Waals surface area contributed by atoms with E-state index >= 15 is 0 Å². The topological polar surface area (TPSA) is 107 Å². The van der Waals surface area contributed by atoms with Crippen LogP contribution in [0.3, 0.4) is 0 Å². The molecule has 0 aliphatic carbocycles. The predicted octanol–water partition coefficient (Wildman–Crippen LogP) is 6.73. The van der Waals surface area contributed by atoms with Gasteiger partial charge in [0, 0.05) is 5.92 Å². The lowest BCUT2D eigenvalue weighted by atomic mass is 9.93. The second-order valence-electron chi connectivity index (χ2n) is 8.94. The van der Waals surface area contributed by atoms with E-state index in [-0.39, 0.29) is 18.4 Å². The van der Waals surface area contributed by atoms with Crippen LogP contribution in [-0.4, -0.2) is 25.5 Å². The molecule has 1 unspecified atom stereocenters. The number of rotatable bonds is 24. The van der Waals surface area contributed by atoms with Crippen LogP contribution in [0, 0.1) is 5.92 Å². The van der Waals surface area contributed by atoms with Crippen LogP contribution in [0.5, 0.6) is 0 Å². The Labute approximate surface area is 192 Å². The summed E-state index contributed by atoms with van der Waals surface area (Å²) in [7, 11) is -4.29.